The molecule has 0 unspecified atom stereocenters. The number of nitrogens with one attached hydrogen (secondary N) is 2. The quantitative estimate of drug-likeness (QED) is 0.550. The Labute approximate surface area is 197 Å². The Morgan fingerprint density at radius 2 is 1.70 bits per heavy atom. The van der Waals surface area contributed by atoms with Crippen LogP contribution >= 0.6 is 11.6 Å². The summed E-state index contributed by atoms with van der Waals surface area (Å²) in [6, 6.07) is 18.5. The predicted molar refractivity (Wildman–Crippen MR) is 131 cm³/mol. The second-order valence-electron chi connectivity index (χ2n) is 7.71. The first-order valence-corrected chi connectivity index (χ1v) is 12.3. The minimum atomic E-state index is -3.29. The van der Waals surface area contributed by atoms with Crippen LogP contribution in [0, 0.1) is 6.92 Å². The summed E-state index contributed by atoms with van der Waals surface area (Å²) in [5, 5.41) is 5.89. The number of hydrogen-bond acceptors (Lipinski definition) is 4. The van der Waals surface area contributed by atoms with Gasteiger partial charge in [-0.05, 0) is 67.4 Å². The van der Waals surface area contributed by atoms with E-state index >= 15 is 0 Å². The summed E-state index contributed by atoms with van der Waals surface area (Å²) in [6.07, 6.45) is 0.587. The lowest BCUT2D eigenvalue weighted by atomic mass is 10.1. The van der Waals surface area contributed by atoms with Crippen LogP contribution in [0.15, 0.2) is 66.7 Å². The molecule has 0 aliphatic carbocycles. The smallest absolute Gasteiger partial charge is 0.255 e. The maximum Gasteiger partial charge on any atom is 0.255 e. The van der Waals surface area contributed by atoms with Gasteiger partial charge in [-0.2, -0.15) is 0 Å². The number of nitrogens with zero attached hydrogens (tertiary/aromatic N) is 1. The standard InChI is InChI=1S/C24H22ClN3O4S/c1-16-14-19(28-12-5-13-33(28,31)32)9-10-20(16)24(30)26-18-8-11-21(25)22(15-18)27-23(29)17-6-3-2-4-7-17/h2-4,6-11,14-15H,5,12-13H2,1H3,(H,26,30)(H,27,29). The topological polar surface area (TPSA) is 95.6 Å². The second kappa shape index (κ2) is 9.25. The lowest BCUT2D eigenvalue weighted by molar-refractivity contribution is 0.101. The van der Waals surface area contributed by atoms with Crippen molar-refractivity contribution in [1.29, 1.82) is 0 Å². The summed E-state index contributed by atoms with van der Waals surface area (Å²) >= 11 is 6.23. The van der Waals surface area contributed by atoms with Crippen molar-refractivity contribution in [3.63, 3.8) is 0 Å². The van der Waals surface area contributed by atoms with Crippen LogP contribution in [0.3, 0.4) is 0 Å². The van der Waals surface area contributed by atoms with E-state index in [1.807, 2.05) is 6.07 Å². The number of anilines is 3. The lowest BCUT2D eigenvalue weighted by Gasteiger charge is -2.18. The highest BCUT2D eigenvalue weighted by Gasteiger charge is 2.28. The van der Waals surface area contributed by atoms with Crippen LogP contribution in [0.1, 0.15) is 32.7 Å². The van der Waals surface area contributed by atoms with Crippen molar-refractivity contribution in [2.45, 2.75) is 13.3 Å². The summed E-state index contributed by atoms with van der Waals surface area (Å²) in [7, 11) is -3.29. The molecule has 2 N–H and O–H groups in total. The Bertz CT molecular complexity index is 1330. The van der Waals surface area contributed by atoms with Crippen LogP contribution in [0.4, 0.5) is 17.1 Å². The molecule has 0 bridgehead atoms. The molecule has 0 atom stereocenters. The van der Waals surface area contributed by atoms with Gasteiger partial charge in [0.2, 0.25) is 10.0 Å². The number of amides is 2. The van der Waals surface area contributed by atoms with E-state index in [9.17, 15) is 18.0 Å². The molecule has 7 nitrogen and oxygen atoms in total. The van der Waals surface area contributed by atoms with E-state index in [4.69, 9.17) is 11.6 Å². The summed E-state index contributed by atoms with van der Waals surface area (Å²) in [4.78, 5) is 25.3. The maximum absolute atomic E-state index is 12.9. The van der Waals surface area contributed by atoms with E-state index in [1.165, 1.54) is 4.31 Å². The largest absolute Gasteiger partial charge is 0.322 e. The van der Waals surface area contributed by atoms with Crippen molar-refractivity contribution in [3.05, 3.63) is 88.4 Å². The Morgan fingerprint density at radius 3 is 2.36 bits per heavy atom. The highest BCUT2D eigenvalue weighted by molar-refractivity contribution is 7.93. The third kappa shape index (κ3) is 5.02. The highest BCUT2D eigenvalue weighted by atomic mass is 35.5. The predicted octanol–water partition coefficient (Wildman–Crippen LogP) is 4.69. The van der Waals surface area contributed by atoms with Crippen molar-refractivity contribution < 1.29 is 18.0 Å². The number of carbonyl (C=O) groups excluding carboxylic acids is 2. The molecule has 0 spiro atoms. The van der Waals surface area contributed by atoms with Gasteiger partial charge in [-0.1, -0.05) is 29.8 Å². The van der Waals surface area contributed by atoms with Crippen LogP contribution in [0.5, 0.6) is 0 Å². The van der Waals surface area contributed by atoms with Crippen LogP contribution in [-0.4, -0.2) is 32.5 Å². The molecular formula is C24H22ClN3O4S. The van der Waals surface area contributed by atoms with E-state index in [2.05, 4.69) is 10.6 Å². The zero-order valence-corrected chi connectivity index (χ0v) is 19.4. The zero-order valence-electron chi connectivity index (χ0n) is 17.8. The minimum Gasteiger partial charge on any atom is -0.322 e. The van der Waals surface area contributed by atoms with Crippen molar-refractivity contribution >= 4 is 50.5 Å². The third-order valence-electron chi connectivity index (χ3n) is 5.35. The molecule has 0 saturated carbocycles. The molecule has 9 heteroatoms. The van der Waals surface area contributed by atoms with E-state index in [0.717, 1.165) is 0 Å². The number of hydrogen-bond donors (Lipinski definition) is 2. The van der Waals surface area contributed by atoms with Crippen LogP contribution in [-0.2, 0) is 10.0 Å². The van der Waals surface area contributed by atoms with E-state index in [1.54, 1.807) is 67.6 Å². The molecule has 1 aliphatic heterocycles. The summed E-state index contributed by atoms with van der Waals surface area (Å²) in [6.45, 7) is 2.20. The number of aryl methyl sites for hydroxylation is 1. The fourth-order valence-corrected chi connectivity index (χ4v) is 5.39. The lowest BCUT2D eigenvalue weighted by Crippen LogP contribution is -2.25. The van der Waals surface area contributed by atoms with Gasteiger partial charge in [0, 0.05) is 23.4 Å². The second-order valence-corrected chi connectivity index (χ2v) is 10.1. The summed E-state index contributed by atoms with van der Waals surface area (Å²) < 4.78 is 25.7. The number of benzene rings is 3. The molecule has 170 valence electrons. The van der Waals surface area contributed by atoms with Gasteiger partial charge >= 0.3 is 0 Å². The molecule has 3 aromatic rings. The highest BCUT2D eigenvalue weighted by Crippen LogP contribution is 2.28. The molecule has 1 saturated heterocycles. The van der Waals surface area contributed by atoms with Crippen molar-refractivity contribution in [2.24, 2.45) is 0 Å². The molecule has 1 heterocycles. The average molecular weight is 484 g/mol. The summed E-state index contributed by atoms with van der Waals surface area (Å²) in [5.74, 6) is -0.538. The van der Waals surface area contributed by atoms with Crippen molar-refractivity contribution in [3.8, 4) is 0 Å². The Morgan fingerprint density at radius 1 is 0.939 bits per heavy atom. The zero-order chi connectivity index (χ0) is 23.6. The average Bonchev–Trinajstić information content (AvgIpc) is 3.15. The Kier molecular flexibility index (Phi) is 6.40. The van der Waals surface area contributed by atoms with Crippen LogP contribution in [0.25, 0.3) is 0 Å². The monoisotopic (exact) mass is 483 g/mol. The molecule has 33 heavy (non-hydrogen) atoms. The third-order valence-corrected chi connectivity index (χ3v) is 7.55. The molecule has 0 radical (unpaired) electrons. The van der Waals surface area contributed by atoms with Crippen LogP contribution in [0.2, 0.25) is 5.02 Å². The van der Waals surface area contributed by atoms with Gasteiger partial charge in [0.25, 0.3) is 11.8 Å². The van der Waals surface area contributed by atoms with Gasteiger partial charge in [-0.3, -0.25) is 13.9 Å². The van der Waals surface area contributed by atoms with Crippen molar-refractivity contribution in [1.82, 2.24) is 0 Å². The first-order valence-electron chi connectivity index (χ1n) is 10.3. The Balaban J connectivity index is 1.50. The van der Waals surface area contributed by atoms with E-state index in [0.29, 0.717) is 51.7 Å². The molecule has 4 rings (SSSR count). The minimum absolute atomic E-state index is 0.133. The molecule has 1 aliphatic rings. The Hall–Kier alpha value is -3.36. The van der Waals surface area contributed by atoms with Gasteiger partial charge in [-0.25, -0.2) is 8.42 Å². The van der Waals surface area contributed by atoms with E-state index < -0.39 is 10.0 Å². The fourth-order valence-electron chi connectivity index (χ4n) is 3.67. The van der Waals surface area contributed by atoms with Crippen LogP contribution < -0.4 is 14.9 Å². The number of rotatable bonds is 5. The van der Waals surface area contributed by atoms with Gasteiger partial charge < -0.3 is 10.6 Å². The summed E-state index contributed by atoms with van der Waals surface area (Å²) in [5.41, 5.74) is 2.93. The molecule has 3 aromatic carbocycles. The first-order chi connectivity index (χ1) is 15.7. The molecule has 0 aromatic heterocycles. The number of carbonyl (C=O) groups is 2. The van der Waals surface area contributed by atoms with Gasteiger partial charge in [0.1, 0.15) is 0 Å². The van der Waals surface area contributed by atoms with E-state index in [-0.39, 0.29) is 17.6 Å². The van der Waals surface area contributed by atoms with Gasteiger partial charge in [0.05, 0.1) is 22.2 Å². The molecule has 2 amide bonds. The SMILES string of the molecule is Cc1cc(N2CCCS2(=O)=O)ccc1C(=O)Nc1ccc(Cl)c(NC(=O)c2ccccc2)c1. The molecule has 1 fully saturated rings. The number of halogens is 1. The van der Waals surface area contributed by atoms with Gasteiger partial charge in [0.15, 0.2) is 0 Å². The molecular weight excluding hydrogens is 462 g/mol. The maximum atomic E-state index is 12.9. The number of sulfonamides is 1. The van der Waals surface area contributed by atoms with Gasteiger partial charge in [-0.15, -0.1) is 0 Å². The fraction of sp³-hybridized carbons (Fsp3) is 0.167. The normalized spacial score (nSPS) is 14.7. The van der Waals surface area contributed by atoms with Crippen molar-refractivity contribution in [2.75, 3.05) is 27.2 Å². The first kappa shape index (κ1) is 22.8.